The molecule has 2 aliphatic rings. The topological polar surface area (TPSA) is 66.3 Å². The molecule has 5 aromatic heterocycles. The summed E-state index contributed by atoms with van der Waals surface area (Å²) in [7, 11) is 0. The Morgan fingerprint density at radius 1 is 0.200 bits per heavy atom. The maximum absolute atomic E-state index is 5.18. The Balaban J connectivity index is 0.644. The maximum Gasteiger partial charge on any atom is 0.164 e. The monoisotopic (exact) mass is 1330 g/mol. The summed E-state index contributed by atoms with van der Waals surface area (Å²) in [6.45, 7) is 0. The van der Waals surface area contributed by atoms with Gasteiger partial charge in [-0.1, -0.05) is 243 Å². The smallest absolute Gasteiger partial charge is 0.164 e. The van der Waals surface area contributed by atoms with Crippen molar-refractivity contribution in [1.82, 2.24) is 33.6 Å². The van der Waals surface area contributed by atoms with Crippen molar-refractivity contribution in [1.29, 1.82) is 0 Å². The summed E-state index contributed by atoms with van der Waals surface area (Å²) >= 11 is 0. The molecule has 0 fully saturated rings. The van der Waals surface area contributed by atoms with Crippen LogP contribution < -0.4 is 0 Å². The molecule has 7 nitrogen and oxygen atoms in total. The Morgan fingerprint density at radius 2 is 0.695 bits per heavy atom. The largest absolute Gasteiger partial charge is 0.309 e. The van der Waals surface area contributed by atoms with Gasteiger partial charge in [-0.05, 0) is 191 Å². The second-order valence-corrected chi connectivity index (χ2v) is 27.9. The van der Waals surface area contributed by atoms with Crippen molar-refractivity contribution in [3.05, 3.63) is 346 Å². The number of nitrogens with zero attached hydrogens (tertiary/aromatic N) is 7. The van der Waals surface area contributed by atoms with Gasteiger partial charge in [0.05, 0.1) is 38.8 Å². The average Bonchev–Trinajstić information content (AvgIpc) is 1.54. The van der Waals surface area contributed by atoms with Gasteiger partial charge in [-0.25, -0.2) is 15.0 Å². The van der Waals surface area contributed by atoms with Crippen LogP contribution in [0, 0.1) is 0 Å². The van der Waals surface area contributed by atoms with Gasteiger partial charge in [-0.3, -0.25) is 4.98 Å². The molecule has 0 unspecified atom stereocenters. The molecule has 0 aliphatic heterocycles. The van der Waals surface area contributed by atoms with E-state index in [0.717, 1.165) is 89.3 Å². The normalized spacial score (nSPS) is 12.2. The quantitative estimate of drug-likeness (QED) is 0.144. The van der Waals surface area contributed by atoms with Gasteiger partial charge in [0.15, 0.2) is 17.5 Å². The molecule has 0 saturated carbocycles. The Kier molecular flexibility index (Phi) is 12.2. The fraction of sp³-hybridized carbons (Fsp3) is 0. The summed E-state index contributed by atoms with van der Waals surface area (Å²) in [4.78, 5) is 20.4. The van der Waals surface area contributed by atoms with Gasteiger partial charge < -0.3 is 13.7 Å². The second kappa shape index (κ2) is 22.2. The van der Waals surface area contributed by atoms with Crippen molar-refractivity contribution < 1.29 is 0 Å². The van der Waals surface area contributed by atoms with E-state index in [4.69, 9.17) is 19.9 Å². The Labute approximate surface area is 602 Å². The summed E-state index contributed by atoms with van der Waals surface area (Å²) in [5.74, 6) is 1.85. The minimum atomic E-state index is 0.603. The first-order valence-electron chi connectivity index (χ1n) is 35.9. The van der Waals surface area contributed by atoms with Crippen LogP contribution in [0.2, 0.25) is 0 Å². The van der Waals surface area contributed by atoms with Crippen LogP contribution in [0.25, 0.3) is 227 Å². The third-order valence-corrected chi connectivity index (χ3v) is 22.4. The summed E-state index contributed by atoms with van der Waals surface area (Å²) in [5, 5.41) is 14.9. The van der Waals surface area contributed by atoms with E-state index in [1.165, 1.54) is 120 Å². The van der Waals surface area contributed by atoms with Crippen LogP contribution in [0.3, 0.4) is 0 Å². The fourth-order valence-electron chi connectivity index (χ4n) is 17.8. The van der Waals surface area contributed by atoms with E-state index in [2.05, 4.69) is 311 Å². The highest BCUT2D eigenvalue weighted by atomic mass is 15.0. The number of rotatable bonds is 9. The van der Waals surface area contributed by atoms with E-state index in [1.807, 2.05) is 48.7 Å². The summed E-state index contributed by atoms with van der Waals surface area (Å²) in [5.41, 5.74) is 29.4. The zero-order valence-electron chi connectivity index (χ0n) is 56.5. The first kappa shape index (κ1) is 57.6. The number of benzene rings is 16. The van der Waals surface area contributed by atoms with Crippen molar-refractivity contribution in [2.45, 2.75) is 0 Å². The van der Waals surface area contributed by atoms with Gasteiger partial charge in [-0.2, -0.15) is 0 Å². The molecule has 105 heavy (non-hydrogen) atoms. The first-order chi connectivity index (χ1) is 52.1. The third-order valence-electron chi connectivity index (χ3n) is 22.4. The highest BCUT2D eigenvalue weighted by molar-refractivity contribution is 6.35. The molecular weight excluding hydrogens is 1280 g/mol. The summed E-state index contributed by atoms with van der Waals surface area (Å²) in [6.07, 6.45) is 1.89. The van der Waals surface area contributed by atoms with Crippen molar-refractivity contribution >= 4 is 97.7 Å². The Morgan fingerprint density at radius 3 is 1.41 bits per heavy atom. The predicted molar refractivity (Wildman–Crippen MR) is 435 cm³/mol. The minimum absolute atomic E-state index is 0.603. The molecule has 0 radical (unpaired) electrons. The highest BCUT2D eigenvalue weighted by Gasteiger charge is 2.30. The number of fused-ring (bicyclic) bond motifs is 11. The SMILES string of the molecule is c1ccc(-c2nc(-c3ccccc3)nc(-c3cccc(-n4c5cc(-c6ccccn6)cc6c5c5c7c(cccc7ccc54)-c4cc(-c5cccc7c5c5ccccc5n7-c5ccc(-c7ccc(-n8c9ccc%10cccc%11c%10c9c9c(cc%10ccccc%10c98)-c8ccccc8-%11)cc7)cc5)ccc4-6)c3)n2)cc1. The van der Waals surface area contributed by atoms with Crippen LogP contribution in [0.4, 0.5) is 0 Å². The molecule has 2 aliphatic carbocycles. The molecule has 5 heterocycles. The molecule has 0 amide bonds. The molecule has 484 valence electrons. The Bertz CT molecular complexity index is 7230. The van der Waals surface area contributed by atoms with E-state index < -0.39 is 0 Å². The number of pyridine rings is 1. The van der Waals surface area contributed by atoms with Crippen molar-refractivity contribution in [2.24, 2.45) is 0 Å². The van der Waals surface area contributed by atoms with Gasteiger partial charge in [0.25, 0.3) is 0 Å². The number of aromatic nitrogens is 7. The number of hydrogen-bond acceptors (Lipinski definition) is 4. The van der Waals surface area contributed by atoms with E-state index in [1.54, 1.807) is 0 Å². The minimum Gasteiger partial charge on any atom is -0.309 e. The Hall–Kier alpha value is -14.1. The standard InChI is InChI=1S/C98H57N7/c1-3-19-62(20-4-1)96-100-97(63-21-5-2-6-22-63)102-98(101-96)66-26-15-27-70(53-66)104-85-50-43-61-25-17-34-77-79-54-65(42-49-75(79)80-56-67(82-35-13-14-52-99-82)57-87(104)91(80)93(85)89(61)77)71-32-18-37-84-90(71)78-31-11-12-36-83(78)103(84)68-45-38-58(39-46-68)59-40-47-69(48-41-59)105-86-51-44-60-24-16-33-76-73-29-9-10-30-74(73)81-55-64-23-7-8-28-72(64)95(105)92(81)94(86)88(60)76/h1-57H. The summed E-state index contributed by atoms with van der Waals surface area (Å²) < 4.78 is 7.41. The molecule has 0 saturated heterocycles. The van der Waals surface area contributed by atoms with Crippen molar-refractivity contribution in [3.63, 3.8) is 0 Å². The molecular formula is C98H57N7. The van der Waals surface area contributed by atoms with Crippen LogP contribution in [0.15, 0.2) is 346 Å². The first-order valence-corrected chi connectivity index (χ1v) is 35.9. The number of para-hydroxylation sites is 1. The highest BCUT2D eigenvalue weighted by Crippen LogP contribution is 2.55. The molecule has 0 N–H and O–H groups in total. The fourth-order valence-corrected chi connectivity index (χ4v) is 17.8. The van der Waals surface area contributed by atoms with E-state index in [9.17, 15) is 0 Å². The predicted octanol–water partition coefficient (Wildman–Crippen LogP) is 25.3. The molecule has 0 atom stereocenters. The van der Waals surface area contributed by atoms with E-state index in [0.29, 0.717) is 17.5 Å². The maximum atomic E-state index is 5.18. The molecule has 0 bridgehead atoms. The van der Waals surface area contributed by atoms with Crippen LogP contribution in [-0.2, 0) is 0 Å². The van der Waals surface area contributed by atoms with E-state index >= 15 is 0 Å². The molecule has 7 heteroatoms. The van der Waals surface area contributed by atoms with E-state index in [-0.39, 0.29) is 0 Å². The number of hydrogen-bond donors (Lipinski definition) is 0. The molecule has 23 rings (SSSR count). The van der Waals surface area contributed by atoms with Crippen molar-refractivity contribution in [2.75, 3.05) is 0 Å². The van der Waals surface area contributed by atoms with Gasteiger partial charge in [0.2, 0.25) is 0 Å². The van der Waals surface area contributed by atoms with Crippen molar-refractivity contribution in [3.8, 4) is 129 Å². The zero-order valence-corrected chi connectivity index (χ0v) is 56.5. The second-order valence-electron chi connectivity index (χ2n) is 27.9. The lowest BCUT2D eigenvalue weighted by molar-refractivity contribution is 1.07. The lowest BCUT2D eigenvalue weighted by Crippen LogP contribution is -2.01. The molecule has 0 spiro atoms. The van der Waals surface area contributed by atoms with Crippen LogP contribution in [-0.4, -0.2) is 33.6 Å². The lowest BCUT2D eigenvalue weighted by atomic mass is 9.88. The van der Waals surface area contributed by atoms with Crippen LogP contribution in [0.1, 0.15) is 0 Å². The van der Waals surface area contributed by atoms with Gasteiger partial charge in [0, 0.05) is 83.2 Å². The molecule has 16 aromatic carbocycles. The van der Waals surface area contributed by atoms with Gasteiger partial charge in [-0.15, -0.1) is 0 Å². The van der Waals surface area contributed by atoms with Gasteiger partial charge >= 0.3 is 0 Å². The lowest BCUT2D eigenvalue weighted by Gasteiger charge is -2.17. The third kappa shape index (κ3) is 8.49. The zero-order chi connectivity index (χ0) is 68.5. The van der Waals surface area contributed by atoms with Crippen LogP contribution >= 0.6 is 0 Å². The summed E-state index contributed by atoms with van der Waals surface area (Å²) in [6, 6.07) is 124. The van der Waals surface area contributed by atoms with Gasteiger partial charge in [0.1, 0.15) is 0 Å². The average molecular weight is 1330 g/mol. The van der Waals surface area contributed by atoms with Crippen LogP contribution in [0.5, 0.6) is 0 Å². The molecule has 21 aromatic rings.